The summed E-state index contributed by atoms with van der Waals surface area (Å²) in [6, 6.07) is 10.2. The molecule has 0 aliphatic rings. The summed E-state index contributed by atoms with van der Waals surface area (Å²) in [5, 5.41) is 2.05. The lowest BCUT2D eigenvalue weighted by atomic mass is 10.3. The minimum absolute atomic E-state index is 0.0340. The summed E-state index contributed by atoms with van der Waals surface area (Å²) >= 11 is 1.38. The minimum Gasteiger partial charge on any atom is -0.497 e. The molecule has 0 bridgehead atoms. The van der Waals surface area contributed by atoms with Gasteiger partial charge in [-0.05, 0) is 43.3 Å². The number of carbonyl (C=O) groups is 1. The fraction of sp³-hybridized carbons (Fsp3) is 0.278. The summed E-state index contributed by atoms with van der Waals surface area (Å²) in [4.78, 5) is 12.0. The van der Waals surface area contributed by atoms with Crippen LogP contribution < -0.4 is 14.8 Å². The fourth-order valence-corrected chi connectivity index (χ4v) is 2.70. The maximum Gasteiger partial charge on any atom is 0.237 e. The molecule has 2 rings (SSSR count). The van der Waals surface area contributed by atoms with Gasteiger partial charge in [0.15, 0.2) is 0 Å². The smallest absolute Gasteiger partial charge is 0.237 e. The van der Waals surface area contributed by atoms with E-state index in [4.69, 9.17) is 9.47 Å². The normalized spacial score (nSPS) is 11.7. The lowest BCUT2D eigenvalue weighted by molar-refractivity contribution is -0.115. The lowest BCUT2D eigenvalue weighted by Gasteiger charge is -2.13. The van der Waals surface area contributed by atoms with Crippen LogP contribution in [-0.2, 0) is 4.79 Å². The molecule has 1 unspecified atom stereocenters. The van der Waals surface area contributed by atoms with Crippen molar-refractivity contribution in [3.05, 3.63) is 54.1 Å². The van der Waals surface area contributed by atoms with Crippen molar-refractivity contribution >= 4 is 23.4 Å². The third-order valence-electron chi connectivity index (χ3n) is 3.34. The molecule has 0 fully saturated rings. The van der Waals surface area contributed by atoms with Crippen LogP contribution in [0.25, 0.3) is 0 Å². The molecule has 25 heavy (non-hydrogen) atoms. The van der Waals surface area contributed by atoms with Gasteiger partial charge in [-0.15, -0.1) is 11.8 Å². The summed E-state index contributed by atoms with van der Waals surface area (Å²) in [6.07, 6.45) is 0. The van der Waals surface area contributed by atoms with Gasteiger partial charge in [-0.25, -0.2) is 8.78 Å². The predicted octanol–water partition coefficient (Wildman–Crippen LogP) is 4.11. The van der Waals surface area contributed by atoms with E-state index in [9.17, 15) is 13.6 Å². The van der Waals surface area contributed by atoms with Gasteiger partial charge in [0, 0.05) is 11.8 Å². The third kappa shape index (κ3) is 5.94. The van der Waals surface area contributed by atoms with Gasteiger partial charge >= 0.3 is 0 Å². The summed E-state index contributed by atoms with van der Waals surface area (Å²) in [5.41, 5.74) is -0.0340. The maximum atomic E-state index is 13.5. The van der Waals surface area contributed by atoms with Crippen LogP contribution in [0.15, 0.2) is 42.5 Å². The lowest BCUT2D eigenvalue weighted by Crippen LogP contribution is -2.24. The molecular formula is C18H19F2NO3S. The van der Waals surface area contributed by atoms with Crippen LogP contribution in [0, 0.1) is 11.6 Å². The quantitative estimate of drug-likeness (QED) is 0.713. The molecule has 2 aromatic carbocycles. The highest BCUT2D eigenvalue weighted by Gasteiger charge is 2.15. The number of halogens is 2. The molecule has 1 atom stereocenters. The fourth-order valence-electron chi connectivity index (χ4n) is 1.96. The Bertz CT molecular complexity index is 710. The SMILES string of the molecule is COc1ccc(OCCSC(C)C(=O)Nc2ccc(F)cc2F)cc1. The maximum absolute atomic E-state index is 13.5. The van der Waals surface area contributed by atoms with Gasteiger partial charge in [0.2, 0.25) is 5.91 Å². The summed E-state index contributed by atoms with van der Waals surface area (Å²) in [5.74, 6) is 0.223. The van der Waals surface area contributed by atoms with Crippen LogP contribution in [0.1, 0.15) is 6.92 Å². The number of anilines is 1. The molecule has 0 aliphatic heterocycles. The molecule has 0 saturated carbocycles. The Morgan fingerprint density at radius 3 is 2.48 bits per heavy atom. The second kappa shape index (κ2) is 9.27. The molecule has 1 N–H and O–H groups in total. The molecule has 7 heteroatoms. The van der Waals surface area contributed by atoms with Crippen LogP contribution in [-0.4, -0.2) is 30.6 Å². The Hall–Kier alpha value is -2.28. The van der Waals surface area contributed by atoms with E-state index in [1.165, 1.54) is 17.8 Å². The molecular weight excluding hydrogens is 348 g/mol. The van der Waals surface area contributed by atoms with E-state index < -0.39 is 16.9 Å². The van der Waals surface area contributed by atoms with E-state index in [0.29, 0.717) is 18.1 Å². The Morgan fingerprint density at radius 2 is 1.84 bits per heavy atom. The van der Waals surface area contributed by atoms with Gasteiger partial charge < -0.3 is 14.8 Å². The van der Waals surface area contributed by atoms with Crippen LogP contribution in [0.5, 0.6) is 11.5 Å². The van der Waals surface area contributed by atoms with Gasteiger partial charge in [-0.2, -0.15) is 0 Å². The van der Waals surface area contributed by atoms with Crippen molar-refractivity contribution in [2.24, 2.45) is 0 Å². The first kappa shape index (κ1) is 19.1. The molecule has 0 radical (unpaired) electrons. The van der Waals surface area contributed by atoms with Crippen molar-refractivity contribution in [1.82, 2.24) is 0 Å². The highest BCUT2D eigenvalue weighted by Crippen LogP contribution is 2.19. The van der Waals surface area contributed by atoms with Gasteiger partial charge in [-0.1, -0.05) is 0 Å². The molecule has 0 heterocycles. The van der Waals surface area contributed by atoms with E-state index in [1.54, 1.807) is 38.3 Å². The molecule has 0 aromatic heterocycles. The standard InChI is InChI=1S/C18H19F2NO3S/c1-12(18(22)21-17-8-3-13(19)11-16(17)20)25-10-9-24-15-6-4-14(23-2)5-7-15/h3-8,11-12H,9-10H2,1-2H3,(H,21,22). The molecule has 2 aromatic rings. The molecule has 0 saturated heterocycles. The van der Waals surface area contributed by atoms with Gasteiger partial charge in [-0.3, -0.25) is 4.79 Å². The first-order chi connectivity index (χ1) is 12.0. The molecule has 4 nitrogen and oxygen atoms in total. The van der Waals surface area contributed by atoms with E-state index in [0.717, 1.165) is 17.9 Å². The van der Waals surface area contributed by atoms with Crippen molar-refractivity contribution in [2.45, 2.75) is 12.2 Å². The average Bonchev–Trinajstić information content (AvgIpc) is 2.61. The van der Waals surface area contributed by atoms with Crippen molar-refractivity contribution in [3.8, 4) is 11.5 Å². The predicted molar refractivity (Wildman–Crippen MR) is 95.4 cm³/mol. The third-order valence-corrected chi connectivity index (χ3v) is 4.45. The summed E-state index contributed by atoms with van der Waals surface area (Å²) in [6.45, 7) is 2.15. The largest absolute Gasteiger partial charge is 0.497 e. The Kier molecular flexibility index (Phi) is 7.06. The van der Waals surface area contributed by atoms with Crippen LogP contribution in [0.2, 0.25) is 0 Å². The van der Waals surface area contributed by atoms with Crippen molar-refractivity contribution in [1.29, 1.82) is 0 Å². The highest BCUT2D eigenvalue weighted by atomic mass is 32.2. The van der Waals surface area contributed by atoms with Crippen LogP contribution in [0.3, 0.4) is 0 Å². The summed E-state index contributed by atoms with van der Waals surface area (Å²) < 4.78 is 37.0. The number of nitrogens with one attached hydrogen (secondary N) is 1. The number of carbonyl (C=O) groups excluding carboxylic acids is 1. The topological polar surface area (TPSA) is 47.6 Å². The first-order valence-electron chi connectivity index (χ1n) is 7.64. The highest BCUT2D eigenvalue weighted by molar-refractivity contribution is 8.00. The average molecular weight is 367 g/mol. The number of hydrogen-bond acceptors (Lipinski definition) is 4. The van der Waals surface area contributed by atoms with Crippen LogP contribution >= 0.6 is 11.8 Å². The number of ether oxygens (including phenoxy) is 2. The molecule has 0 aliphatic carbocycles. The second-order valence-electron chi connectivity index (χ2n) is 5.15. The number of benzene rings is 2. The Morgan fingerprint density at radius 1 is 1.16 bits per heavy atom. The van der Waals surface area contributed by atoms with Gasteiger partial charge in [0.05, 0.1) is 24.7 Å². The number of amides is 1. The monoisotopic (exact) mass is 367 g/mol. The zero-order valence-corrected chi connectivity index (χ0v) is 14.7. The molecule has 134 valence electrons. The van der Waals surface area contributed by atoms with E-state index >= 15 is 0 Å². The van der Waals surface area contributed by atoms with Gasteiger partial charge in [0.25, 0.3) is 0 Å². The van der Waals surface area contributed by atoms with E-state index in [2.05, 4.69) is 5.32 Å². The zero-order chi connectivity index (χ0) is 18.2. The van der Waals surface area contributed by atoms with E-state index in [-0.39, 0.29) is 11.6 Å². The number of hydrogen-bond donors (Lipinski definition) is 1. The Labute approximate surface area is 149 Å². The van der Waals surface area contributed by atoms with Crippen molar-refractivity contribution in [2.75, 3.05) is 24.8 Å². The summed E-state index contributed by atoms with van der Waals surface area (Å²) in [7, 11) is 1.59. The molecule has 0 spiro atoms. The Balaban J connectivity index is 1.73. The van der Waals surface area contributed by atoms with Crippen molar-refractivity contribution in [3.63, 3.8) is 0 Å². The number of rotatable bonds is 8. The minimum atomic E-state index is -0.798. The molecule has 1 amide bonds. The zero-order valence-electron chi connectivity index (χ0n) is 13.9. The number of methoxy groups -OCH3 is 1. The number of thioether (sulfide) groups is 1. The van der Waals surface area contributed by atoms with Crippen LogP contribution in [0.4, 0.5) is 14.5 Å². The first-order valence-corrected chi connectivity index (χ1v) is 8.69. The van der Waals surface area contributed by atoms with Crippen molar-refractivity contribution < 1.29 is 23.0 Å². The van der Waals surface area contributed by atoms with Gasteiger partial charge in [0.1, 0.15) is 23.1 Å². The van der Waals surface area contributed by atoms with E-state index in [1.807, 2.05) is 0 Å². The second-order valence-corrected chi connectivity index (χ2v) is 6.60.